The molecule has 0 unspecified atom stereocenters. The van der Waals surface area contributed by atoms with Crippen LogP contribution in [0.15, 0.2) is 11.6 Å². The molecule has 0 fully saturated rings. The van der Waals surface area contributed by atoms with Crippen molar-refractivity contribution in [3.05, 3.63) is 22.4 Å². The van der Waals surface area contributed by atoms with Gasteiger partial charge in [-0.25, -0.2) is 14.6 Å². The topological polar surface area (TPSA) is 92.6 Å². The zero-order valence-electron chi connectivity index (χ0n) is 11.8. The fourth-order valence-electron chi connectivity index (χ4n) is 1.96. The van der Waals surface area contributed by atoms with Crippen LogP contribution in [0.5, 0.6) is 0 Å². The molecule has 0 amide bonds. The molecule has 0 aromatic carbocycles. The number of aryl methyl sites for hydroxylation is 2. The summed E-state index contributed by atoms with van der Waals surface area (Å²) in [6.07, 6.45) is 6.39. The van der Waals surface area contributed by atoms with E-state index in [1.165, 1.54) is 19.3 Å². The van der Waals surface area contributed by atoms with Gasteiger partial charge in [-0.2, -0.15) is 0 Å². The Hall–Kier alpha value is -1.89. The molecule has 0 aliphatic rings. The monoisotopic (exact) mass is 292 g/mol. The highest BCUT2D eigenvalue weighted by atomic mass is 32.1. The number of rotatable bonds is 6. The van der Waals surface area contributed by atoms with Gasteiger partial charge < -0.3 is 5.73 Å². The van der Waals surface area contributed by atoms with Gasteiger partial charge in [0, 0.05) is 5.38 Å². The molecule has 7 heteroatoms. The van der Waals surface area contributed by atoms with E-state index in [4.69, 9.17) is 11.1 Å². The normalized spacial score (nSPS) is 10.7. The molecule has 0 bridgehead atoms. The lowest BCUT2D eigenvalue weighted by Gasteiger charge is -2.09. The molecule has 2 aromatic heterocycles. The fourth-order valence-corrected chi connectivity index (χ4v) is 2.79. The Labute approximate surface area is 122 Å². The van der Waals surface area contributed by atoms with E-state index < -0.39 is 0 Å². The van der Waals surface area contributed by atoms with E-state index in [1.54, 1.807) is 22.2 Å². The molecule has 6 nitrogen and oxygen atoms in total. The summed E-state index contributed by atoms with van der Waals surface area (Å²) < 4.78 is 1.69. The van der Waals surface area contributed by atoms with Crippen LogP contribution in [0.3, 0.4) is 0 Å². The predicted molar refractivity (Wildman–Crippen MR) is 82.6 cm³/mol. The van der Waals surface area contributed by atoms with Crippen LogP contribution >= 0.6 is 11.3 Å². The Bertz CT molecular complexity index is 585. The molecule has 0 spiro atoms. The molecular formula is C13H20N6S. The first-order chi connectivity index (χ1) is 9.61. The number of nitrogens with two attached hydrogens (primary N) is 1. The zero-order chi connectivity index (χ0) is 14.5. The van der Waals surface area contributed by atoms with Crippen LogP contribution in [0.4, 0.5) is 0 Å². The molecular weight excluding hydrogens is 272 g/mol. The SMILES string of the molecule is CCCCCc1nc(-c2cnc(C)n2NC(=N)N)cs1. The summed E-state index contributed by atoms with van der Waals surface area (Å²) in [5.41, 5.74) is 9.85. The Kier molecular flexibility index (Phi) is 4.73. The highest BCUT2D eigenvalue weighted by Gasteiger charge is 2.12. The molecule has 2 aromatic rings. The number of thiazole rings is 1. The van der Waals surface area contributed by atoms with Gasteiger partial charge in [-0.1, -0.05) is 19.8 Å². The molecule has 0 saturated carbocycles. The predicted octanol–water partition coefficient (Wildman–Crippen LogP) is 2.48. The summed E-state index contributed by atoms with van der Waals surface area (Å²) in [4.78, 5) is 8.88. The number of hydrogen-bond acceptors (Lipinski definition) is 4. The van der Waals surface area contributed by atoms with E-state index in [0.717, 1.165) is 28.6 Å². The largest absolute Gasteiger partial charge is 0.369 e. The molecule has 20 heavy (non-hydrogen) atoms. The molecule has 2 rings (SSSR count). The van der Waals surface area contributed by atoms with Gasteiger partial charge >= 0.3 is 0 Å². The average molecular weight is 292 g/mol. The number of nitrogens with zero attached hydrogens (tertiary/aromatic N) is 3. The third kappa shape index (κ3) is 3.36. The standard InChI is InChI=1S/C13H20N6S/c1-3-4-5-6-12-17-10(8-20-12)11-7-16-9(2)19(11)18-13(14)15/h7-8H,3-6H2,1-2H3,(H4,14,15,18). The van der Waals surface area contributed by atoms with Gasteiger partial charge in [0.1, 0.15) is 17.2 Å². The maximum atomic E-state index is 7.34. The molecule has 0 radical (unpaired) electrons. The van der Waals surface area contributed by atoms with Crippen molar-refractivity contribution in [2.45, 2.75) is 39.5 Å². The van der Waals surface area contributed by atoms with Crippen molar-refractivity contribution in [1.82, 2.24) is 14.6 Å². The summed E-state index contributed by atoms with van der Waals surface area (Å²) in [7, 11) is 0. The quantitative estimate of drug-likeness (QED) is 0.433. The fraction of sp³-hybridized carbons (Fsp3) is 0.462. The van der Waals surface area contributed by atoms with E-state index >= 15 is 0 Å². The van der Waals surface area contributed by atoms with Crippen molar-refractivity contribution in [3.8, 4) is 11.4 Å². The lowest BCUT2D eigenvalue weighted by atomic mass is 10.2. The van der Waals surface area contributed by atoms with Gasteiger partial charge in [-0.15, -0.1) is 11.3 Å². The molecule has 4 N–H and O–H groups in total. The van der Waals surface area contributed by atoms with Crippen LogP contribution in [0.2, 0.25) is 0 Å². The van der Waals surface area contributed by atoms with Crippen molar-refractivity contribution < 1.29 is 0 Å². The van der Waals surface area contributed by atoms with Crippen LogP contribution in [0.1, 0.15) is 37.0 Å². The van der Waals surface area contributed by atoms with E-state index in [-0.39, 0.29) is 5.96 Å². The van der Waals surface area contributed by atoms with Gasteiger partial charge in [-0.3, -0.25) is 10.8 Å². The van der Waals surface area contributed by atoms with Gasteiger partial charge in [0.2, 0.25) is 5.96 Å². The number of aromatic nitrogens is 3. The van der Waals surface area contributed by atoms with Crippen LogP contribution in [0.25, 0.3) is 11.4 Å². The smallest absolute Gasteiger partial charge is 0.205 e. The maximum Gasteiger partial charge on any atom is 0.205 e. The van der Waals surface area contributed by atoms with E-state index in [0.29, 0.717) is 0 Å². The zero-order valence-corrected chi connectivity index (χ0v) is 12.6. The van der Waals surface area contributed by atoms with Crippen molar-refractivity contribution in [2.24, 2.45) is 5.73 Å². The Balaban J connectivity index is 2.17. The maximum absolute atomic E-state index is 7.34. The van der Waals surface area contributed by atoms with Crippen LogP contribution in [-0.2, 0) is 6.42 Å². The molecule has 0 saturated heterocycles. The number of hydrogen-bond donors (Lipinski definition) is 3. The van der Waals surface area contributed by atoms with Crippen molar-refractivity contribution in [3.63, 3.8) is 0 Å². The molecule has 0 atom stereocenters. The minimum atomic E-state index is -0.120. The van der Waals surface area contributed by atoms with Crippen LogP contribution in [-0.4, -0.2) is 20.6 Å². The third-order valence-corrected chi connectivity index (χ3v) is 3.89. The molecule has 0 aliphatic heterocycles. The first-order valence-corrected chi connectivity index (χ1v) is 7.60. The minimum Gasteiger partial charge on any atom is -0.369 e. The van der Waals surface area contributed by atoms with E-state index in [9.17, 15) is 0 Å². The Morgan fingerprint density at radius 3 is 3.00 bits per heavy atom. The van der Waals surface area contributed by atoms with Gasteiger partial charge in [0.25, 0.3) is 0 Å². The minimum absolute atomic E-state index is 0.120. The summed E-state index contributed by atoms with van der Waals surface area (Å²) in [5, 5.41) is 10.5. The number of nitrogens with one attached hydrogen (secondary N) is 2. The first kappa shape index (κ1) is 14.5. The van der Waals surface area contributed by atoms with Gasteiger partial charge in [0.05, 0.1) is 11.2 Å². The lowest BCUT2D eigenvalue weighted by molar-refractivity contribution is 0.715. The highest BCUT2D eigenvalue weighted by Crippen LogP contribution is 2.23. The molecule has 0 aliphatic carbocycles. The van der Waals surface area contributed by atoms with Crippen molar-refractivity contribution >= 4 is 17.3 Å². The van der Waals surface area contributed by atoms with Gasteiger partial charge in [-0.05, 0) is 19.8 Å². The second-order valence-electron chi connectivity index (χ2n) is 4.64. The third-order valence-electron chi connectivity index (χ3n) is 2.98. The van der Waals surface area contributed by atoms with E-state index in [1.807, 2.05) is 12.3 Å². The van der Waals surface area contributed by atoms with Crippen LogP contribution < -0.4 is 11.2 Å². The Morgan fingerprint density at radius 2 is 2.30 bits per heavy atom. The number of imidazole rings is 1. The summed E-state index contributed by atoms with van der Waals surface area (Å²) in [6.45, 7) is 4.05. The second-order valence-corrected chi connectivity index (χ2v) is 5.58. The van der Waals surface area contributed by atoms with Crippen LogP contribution in [0, 0.1) is 12.3 Å². The van der Waals surface area contributed by atoms with Crippen molar-refractivity contribution in [1.29, 1.82) is 5.41 Å². The average Bonchev–Trinajstić information content (AvgIpc) is 2.98. The number of guanidine groups is 1. The second kappa shape index (κ2) is 6.51. The molecule has 108 valence electrons. The Morgan fingerprint density at radius 1 is 1.50 bits per heavy atom. The molecule has 2 heterocycles. The van der Waals surface area contributed by atoms with E-state index in [2.05, 4.69) is 22.3 Å². The lowest BCUT2D eigenvalue weighted by Crippen LogP contribution is -2.30. The summed E-state index contributed by atoms with van der Waals surface area (Å²) in [6, 6.07) is 0. The summed E-state index contributed by atoms with van der Waals surface area (Å²) in [5.74, 6) is 0.626. The van der Waals surface area contributed by atoms with Crippen molar-refractivity contribution in [2.75, 3.05) is 5.43 Å². The first-order valence-electron chi connectivity index (χ1n) is 6.72. The number of unbranched alkanes of at least 4 members (excludes halogenated alkanes) is 2. The highest BCUT2D eigenvalue weighted by molar-refractivity contribution is 7.09. The van der Waals surface area contributed by atoms with Gasteiger partial charge in [0.15, 0.2) is 0 Å². The summed E-state index contributed by atoms with van der Waals surface area (Å²) >= 11 is 1.67.